The third-order valence-corrected chi connectivity index (χ3v) is 9.64. The van der Waals surface area contributed by atoms with E-state index in [1.807, 2.05) is 24.3 Å². The molecule has 4 aromatic rings. The van der Waals surface area contributed by atoms with E-state index in [9.17, 15) is 19.8 Å². The first-order chi connectivity index (χ1) is 19.9. The van der Waals surface area contributed by atoms with E-state index in [4.69, 9.17) is 9.47 Å². The minimum Gasteiger partial charge on any atom is -0.478 e. The molecule has 4 aromatic carbocycles. The highest BCUT2D eigenvalue weighted by Gasteiger charge is 2.67. The van der Waals surface area contributed by atoms with Gasteiger partial charge in [0.1, 0.15) is 34.1 Å². The number of hydrogen-bond acceptors (Lipinski definition) is 4. The average molecular weight is 547 g/mol. The van der Waals surface area contributed by atoms with E-state index in [1.54, 1.807) is 48.5 Å². The molecule has 0 radical (unpaired) electrons. The van der Waals surface area contributed by atoms with Crippen molar-refractivity contribution in [3.8, 4) is 23.0 Å². The molecular weight excluding hydrogens is 516 g/mol. The molecule has 4 bridgehead atoms. The van der Waals surface area contributed by atoms with Crippen LogP contribution in [-0.4, -0.2) is 22.2 Å². The van der Waals surface area contributed by atoms with Gasteiger partial charge in [-0.1, -0.05) is 48.5 Å². The second-order valence-corrected chi connectivity index (χ2v) is 11.8. The van der Waals surface area contributed by atoms with Crippen LogP contribution in [0.15, 0.2) is 97.1 Å². The number of carbonyl (C=O) groups is 2. The summed E-state index contributed by atoms with van der Waals surface area (Å²) < 4.78 is 12.0. The normalized spacial score (nSPS) is 25.7. The molecule has 6 heteroatoms. The molecule has 4 aliphatic carbocycles. The van der Waals surface area contributed by atoms with Crippen LogP contribution in [0.5, 0.6) is 23.0 Å². The van der Waals surface area contributed by atoms with Crippen LogP contribution in [0.3, 0.4) is 0 Å². The summed E-state index contributed by atoms with van der Waals surface area (Å²) in [7, 11) is 0. The summed E-state index contributed by atoms with van der Waals surface area (Å²) in [5, 5.41) is 19.0. The van der Waals surface area contributed by atoms with Crippen molar-refractivity contribution in [1.82, 2.24) is 0 Å². The lowest BCUT2D eigenvalue weighted by atomic mass is 9.61. The number of aromatic carboxylic acids is 2. The van der Waals surface area contributed by atoms with Crippen molar-refractivity contribution in [3.63, 3.8) is 0 Å². The fraction of sp³-hybridized carbons (Fsp3) is 0.257. The molecule has 0 unspecified atom stereocenters. The van der Waals surface area contributed by atoms with Gasteiger partial charge in [-0.3, -0.25) is 0 Å². The Kier molecular flexibility index (Phi) is 5.89. The summed E-state index contributed by atoms with van der Waals surface area (Å²) in [5.74, 6) is 1.26. The molecule has 6 nitrogen and oxygen atoms in total. The zero-order chi connectivity index (χ0) is 28.2. The number of hydrogen-bond donors (Lipinski definition) is 2. The van der Waals surface area contributed by atoms with E-state index in [0.717, 1.165) is 25.7 Å². The Labute approximate surface area is 238 Å². The molecule has 4 saturated carbocycles. The van der Waals surface area contributed by atoms with Crippen molar-refractivity contribution in [1.29, 1.82) is 0 Å². The maximum Gasteiger partial charge on any atom is 0.339 e. The number of benzene rings is 4. The topological polar surface area (TPSA) is 93.1 Å². The summed E-state index contributed by atoms with van der Waals surface area (Å²) in [6.07, 6.45) is 5.95. The third-order valence-electron chi connectivity index (χ3n) is 9.64. The second kappa shape index (κ2) is 9.51. The van der Waals surface area contributed by atoms with E-state index < -0.39 is 11.9 Å². The molecule has 0 atom stereocenters. The summed E-state index contributed by atoms with van der Waals surface area (Å²) in [5.41, 5.74) is 2.99. The summed E-state index contributed by atoms with van der Waals surface area (Å²) in [6.45, 7) is 0. The monoisotopic (exact) mass is 546 g/mol. The minimum atomic E-state index is -1.01. The predicted octanol–water partition coefficient (Wildman–Crippen LogP) is 8.07. The van der Waals surface area contributed by atoms with Crippen molar-refractivity contribution in [2.45, 2.75) is 42.9 Å². The van der Waals surface area contributed by atoms with Gasteiger partial charge in [-0.15, -0.1) is 0 Å². The molecule has 4 fully saturated rings. The molecule has 206 valence electrons. The first-order valence-electron chi connectivity index (χ1n) is 14.1. The Balaban J connectivity index is 1.18. The van der Waals surface area contributed by atoms with Gasteiger partial charge in [0, 0.05) is 10.8 Å². The van der Waals surface area contributed by atoms with Crippen LogP contribution in [0.2, 0.25) is 0 Å². The van der Waals surface area contributed by atoms with Crippen molar-refractivity contribution in [3.05, 3.63) is 119 Å². The number of para-hydroxylation sites is 2. The lowest BCUT2D eigenvalue weighted by Crippen LogP contribution is -2.40. The van der Waals surface area contributed by atoms with Gasteiger partial charge in [-0.05, 0) is 104 Å². The van der Waals surface area contributed by atoms with Crippen LogP contribution in [0.25, 0.3) is 0 Å². The zero-order valence-electron chi connectivity index (χ0n) is 22.5. The Morgan fingerprint density at radius 2 is 0.927 bits per heavy atom. The van der Waals surface area contributed by atoms with Gasteiger partial charge in [0.2, 0.25) is 0 Å². The van der Waals surface area contributed by atoms with Gasteiger partial charge in [0.25, 0.3) is 0 Å². The van der Waals surface area contributed by atoms with E-state index >= 15 is 0 Å². The molecule has 2 N–H and O–H groups in total. The van der Waals surface area contributed by atoms with Crippen LogP contribution >= 0.6 is 0 Å². The van der Waals surface area contributed by atoms with Gasteiger partial charge in [0.15, 0.2) is 0 Å². The Morgan fingerprint density at radius 3 is 1.29 bits per heavy atom. The molecule has 0 aromatic heterocycles. The highest BCUT2D eigenvalue weighted by atomic mass is 16.5. The van der Waals surface area contributed by atoms with Gasteiger partial charge in [-0.25, -0.2) is 9.59 Å². The van der Waals surface area contributed by atoms with E-state index in [0.29, 0.717) is 34.8 Å². The molecule has 0 heterocycles. The van der Waals surface area contributed by atoms with Crippen LogP contribution in [0.1, 0.15) is 63.9 Å². The molecule has 41 heavy (non-hydrogen) atoms. The highest BCUT2D eigenvalue weighted by molar-refractivity contribution is 5.91. The second-order valence-electron chi connectivity index (χ2n) is 11.8. The van der Waals surface area contributed by atoms with Crippen molar-refractivity contribution < 1.29 is 29.3 Å². The van der Waals surface area contributed by atoms with Gasteiger partial charge in [-0.2, -0.15) is 0 Å². The summed E-state index contributed by atoms with van der Waals surface area (Å²) >= 11 is 0. The first-order valence-corrected chi connectivity index (χ1v) is 14.1. The standard InChI is InChI=1S/C35H30O6/c36-32(37)28-5-1-3-7-30(28)40-26-13-9-24(10-14-26)34-18-22-17-23(19-34)21-35(34,20-22)25-11-15-27(16-12-25)41-31-8-4-2-6-29(31)33(38)39/h1-16,22-23H,17-21H2,(H,36,37)(H,38,39). The van der Waals surface area contributed by atoms with Crippen molar-refractivity contribution in [2.75, 3.05) is 0 Å². The Morgan fingerprint density at radius 1 is 0.561 bits per heavy atom. The van der Waals surface area contributed by atoms with Crippen LogP contribution in [-0.2, 0) is 10.8 Å². The van der Waals surface area contributed by atoms with Gasteiger partial charge >= 0.3 is 11.9 Å². The predicted molar refractivity (Wildman–Crippen MR) is 153 cm³/mol. The molecule has 8 rings (SSSR count). The number of carboxylic acid groups (broad SMARTS) is 2. The smallest absolute Gasteiger partial charge is 0.339 e. The van der Waals surface area contributed by atoms with Crippen LogP contribution in [0, 0.1) is 11.8 Å². The fourth-order valence-electron chi connectivity index (χ4n) is 8.30. The fourth-order valence-corrected chi connectivity index (χ4v) is 8.30. The lowest BCUT2D eigenvalue weighted by molar-refractivity contribution is 0.0683. The Hall–Kier alpha value is -4.58. The average Bonchev–Trinajstić information content (AvgIpc) is 3.34. The molecule has 0 aliphatic heterocycles. The Bertz CT molecular complexity index is 1500. The van der Waals surface area contributed by atoms with Crippen LogP contribution < -0.4 is 9.47 Å². The molecular formula is C35H30O6. The lowest BCUT2D eigenvalue weighted by Gasteiger charge is -2.42. The SMILES string of the molecule is O=C(O)c1ccccc1Oc1ccc(C23CC4CC(C2)CC3(c2ccc(Oc3ccccc3C(=O)O)cc2)C4)cc1. The minimum absolute atomic E-state index is 0.0381. The van der Waals surface area contributed by atoms with E-state index in [2.05, 4.69) is 24.3 Å². The van der Waals surface area contributed by atoms with Crippen molar-refractivity contribution in [2.24, 2.45) is 11.8 Å². The van der Waals surface area contributed by atoms with Crippen molar-refractivity contribution >= 4 is 11.9 Å². The van der Waals surface area contributed by atoms with Gasteiger partial charge < -0.3 is 19.7 Å². The van der Waals surface area contributed by atoms with Crippen LogP contribution in [0.4, 0.5) is 0 Å². The third kappa shape index (κ3) is 4.08. The largest absolute Gasteiger partial charge is 0.478 e. The summed E-state index contributed by atoms with van der Waals surface area (Å²) in [6, 6.07) is 29.9. The quantitative estimate of drug-likeness (QED) is 0.232. The zero-order valence-corrected chi connectivity index (χ0v) is 22.5. The molecule has 0 spiro atoms. The maximum atomic E-state index is 11.6. The molecule has 0 saturated heterocycles. The van der Waals surface area contributed by atoms with Gasteiger partial charge in [0.05, 0.1) is 0 Å². The number of ether oxygens (including phenoxy) is 2. The number of carboxylic acids is 2. The molecule has 0 amide bonds. The van der Waals surface area contributed by atoms with E-state index in [1.165, 1.54) is 17.5 Å². The summed E-state index contributed by atoms with van der Waals surface area (Å²) in [4.78, 5) is 23.2. The number of rotatable bonds is 8. The maximum absolute atomic E-state index is 11.6. The first kappa shape index (κ1) is 25.4. The van der Waals surface area contributed by atoms with E-state index in [-0.39, 0.29) is 22.0 Å². The molecule has 4 aliphatic rings. The highest BCUT2D eigenvalue weighted by Crippen LogP contribution is 2.72.